The molecule has 0 aromatic rings. The van der Waals surface area contributed by atoms with Gasteiger partial charge in [0.2, 0.25) is 5.25 Å². The van der Waals surface area contributed by atoms with Crippen LogP contribution in [-0.4, -0.2) is 5.25 Å². The summed E-state index contributed by atoms with van der Waals surface area (Å²) in [6.07, 6.45) is 8.95. The first-order valence-corrected chi connectivity index (χ1v) is 5.02. The van der Waals surface area contributed by atoms with Crippen LogP contribution >= 0.6 is 0 Å². The van der Waals surface area contributed by atoms with Gasteiger partial charge in [-0.2, -0.15) is 0 Å². The monoisotopic (exact) mass is 159 g/mol. The van der Waals surface area contributed by atoms with E-state index in [1.165, 1.54) is 32.1 Å². The maximum absolute atomic E-state index is 10.5. The lowest BCUT2D eigenvalue weighted by Gasteiger charge is -2.06. The first-order chi connectivity index (χ1) is 4.93. The Morgan fingerprint density at radius 2 is 1.40 bits per heavy atom. The largest absolute Gasteiger partial charge is 0.462 e. The summed E-state index contributed by atoms with van der Waals surface area (Å²) in [5, 5.41) is 0.431. The quantitative estimate of drug-likeness (QED) is 0.537. The lowest BCUT2D eigenvalue weighted by Crippen LogP contribution is -2.07. The van der Waals surface area contributed by atoms with Gasteiger partial charge in [0.25, 0.3) is 0 Å². The summed E-state index contributed by atoms with van der Waals surface area (Å²) in [6, 6.07) is 0. The van der Waals surface area contributed by atoms with E-state index in [2.05, 4.69) is 0 Å². The zero-order valence-corrected chi connectivity index (χ0v) is 7.16. The molecule has 1 fully saturated rings. The van der Waals surface area contributed by atoms with E-state index in [0.717, 1.165) is 24.5 Å². The van der Waals surface area contributed by atoms with Gasteiger partial charge in [-0.3, -0.25) is 0 Å². The molecule has 0 radical (unpaired) electrons. The molecule has 0 aromatic carbocycles. The number of hydrogen-bond acceptors (Lipinski definition) is 1. The van der Waals surface area contributed by atoms with E-state index in [0.29, 0.717) is 5.25 Å². The highest BCUT2D eigenvalue weighted by Crippen LogP contribution is 2.17. The van der Waals surface area contributed by atoms with Gasteiger partial charge in [0, 0.05) is 17.1 Å². The van der Waals surface area contributed by atoms with Gasteiger partial charge < -0.3 is 0 Å². The minimum Gasteiger partial charge on any atom is -0.0533 e. The highest BCUT2D eigenvalue weighted by molar-refractivity contribution is 7.66. The highest BCUT2D eigenvalue weighted by Gasteiger charge is 2.21. The highest BCUT2D eigenvalue weighted by atomic mass is 32.1. The van der Waals surface area contributed by atoms with E-state index >= 15 is 0 Å². The number of hydrogen-bond donors (Lipinski definition) is 0. The normalized spacial score (nSPS) is 23.2. The van der Waals surface area contributed by atoms with Crippen LogP contribution in [0.25, 0.3) is 0 Å². The molecule has 0 aromatic heterocycles. The molecule has 2 heteroatoms. The van der Waals surface area contributed by atoms with Gasteiger partial charge in [-0.1, -0.05) is 19.3 Å². The first kappa shape index (κ1) is 8.12. The Balaban J connectivity index is 2.22. The van der Waals surface area contributed by atoms with E-state index in [9.17, 15) is 4.21 Å². The maximum Gasteiger partial charge on any atom is 0.462 e. The average Bonchev–Trinajstić information content (AvgIpc) is 1.87. The molecule has 0 spiro atoms. The van der Waals surface area contributed by atoms with Crippen LogP contribution in [0.5, 0.6) is 0 Å². The van der Waals surface area contributed by atoms with Crippen molar-refractivity contribution in [3.63, 3.8) is 0 Å². The summed E-state index contributed by atoms with van der Waals surface area (Å²) >= 11 is 0.818. The zero-order valence-electron chi connectivity index (χ0n) is 6.34. The van der Waals surface area contributed by atoms with Crippen molar-refractivity contribution in [2.24, 2.45) is 0 Å². The van der Waals surface area contributed by atoms with Crippen molar-refractivity contribution in [2.75, 3.05) is 0 Å². The van der Waals surface area contributed by atoms with Gasteiger partial charge in [0.1, 0.15) is 0 Å². The predicted octanol–water partition coefficient (Wildman–Crippen LogP) is 2.53. The van der Waals surface area contributed by atoms with Crippen LogP contribution in [0.1, 0.15) is 44.9 Å². The van der Waals surface area contributed by atoms with E-state index in [-0.39, 0.29) is 0 Å². The molecule has 1 nitrogen and oxygen atoms in total. The first-order valence-electron chi connectivity index (χ1n) is 4.22. The third-order valence-electron chi connectivity index (χ3n) is 2.19. The van der Waals surface area contributed by atoms with Gasteiger partial charge in [0.05, 0.1) is 0 Å². The molecule has 0 amide bonds. The van der Waals surface area contributed by atoms with Crippen molar-refractivity contribution in [3.05, 3.63) is 0 Å². The topological polar surface area (TPSA) is 17.1 Å². The minimum atomic E-state index is 0.431. The van der Waals surface area contributed by atoms with Crippen molar-refractivity contribution >= 4 is 11.7 Å². The van der Waals surface area contributed by atoms with Gasteiger partial charge >= 0.3 is 11.7 Å². The van der Waals surface area contributed by atoms with Crippen molar-refractivity contribution in [3.8, 4) is 0 Å². The lowest BCUT2D eigenvalue weighted by molar-refractivity contribution is 0.502. The molecule has 0 heterocycles. The van der Waals surface area contributed by atoms with Gasteiger partial charge in [-0.25, -0.2) is 0 Å². The third-order valence-corrected chi connectivity index (χ3v) is 2.93. The predicted molar refractivity (Wildman–Crippen MR) is 44.2 cm³/mol. The molecule has 1 rings (SSSR count). The fourth-order valence-corrected chi connectivity index (χ4v) is 2.04. The molecule has 0 atom stereocenters. The van der Waals surface area contributed by atoms with Crippen molar-refractivity contribution in [2.45, 2.75) is 50.2 Å². The maximum atomic E-state index is 10.5. The Morgan fingerprint density at radius 1 is 0.900 bits per heavy atom. The van der Waals surface area contributed by atoms with Gasteiger partial charge in [-0.15, -0.1) is 0 Å². The second-order valence-corrected chi connectivity index (χ2v) is 3.92. The molecule has 0 unspecified atom stereocenters. The number of rotatable bonds is 1. The molecule has 58 valence electrons. The summed E-state index contributed by atoms with van der Waals surface area (Å²) in [4.78, 5) is 0. The molecule has 1 aliphatic rings. The SMILES string of the molecule is O=[S+]C1CCCCCCC1. The molecule has 0 N–H and O–H groups in total. The molecule has 10 heavy (non-hydrogen) atoms. The summed E-state index contributed by atoms with van der Waals surface area (Å²) in [6.45, 7) is 0. The Hall–Kier alpha value is 0.0200. The van der Waals surface area contributed by atoms with Crippen LogP contribution in [0.2, 0.25) is 0 Å². The summed E-state index contributed by atoms with van der Waals surface area (Å²) in [5.74, 6) is 0. The molecule has 0 aliphatic heterocycles. The smallest absolute Gasteiger partial charge is 0.0533 e. The van der Waals surface area contributed by atoms with Crippen molar-refractivity contribution < 1.29 is 4.21 Å². The molecule has 0 saturated heterocycles. The third kappa shape index (κ3) is 2.74. The summed E-state index contributed by atoms with van der Waals surface area (Å²) in [7, 11) is 0. The molecule has 1 aliphatic carbocycles. The Morgan fingerprint density at radius 3 is 1.90 bits per heavy atom. The minimum absolute atomic E-state index is 0.431. The standard InChI is InChI=1S/C8H15OS/c9-10-8-6-4-2-1-3-5-7-8/h8H,1-7H2/q+1. The summed E-state index contributed by atoms with van der Waals surface area (Å²) in [5.41, 5.74) is 0. The summed E-state index contributed by atoms with van der Waals surface area (Å²) < 4.78 is 10.5. The van der Waals surface area contributed by atoms with Crippen LogP contribution < -0.4 is 0 Å². The van der Waals surface area contributed by atoms with Crippen LogP contribution in [0, 0.1) is 0 Å². The van der Waals surface area contributed by atoms with E-state index in [1.54, 1.807) is 0 Å². The Kier molecular flexibility index (Phi) is 3.88. The van der Waals surface area contributed by atoms with Crippen LogP contribution in [0.4, 0.5) is 0 Å². The van der Waals surface area contributed by atoms with E-state index in [1.807, 2.05) is 0 Å². The molecular formula is C8H15OS+. The fourth-order valence-electron chi connectivity index (χ4n) is 1.51. The molecular weight excluding hydrogens is 144 g/mol. The van der Waals surface area contributed by atoms with E-state index in [4.69, 9.17) is 0 Å². The van der Waals surface area contributed by atoms with Crippen molar-refractivity contribution in [1.29, 1.82) is 0 Å². The Labute approximate surface area is 66.7 Å². The van der Waals surface area contributed by atoms with Gasteiger partial charge in [-0.05, 0) is 12.8 Å². The van der Waals surface area contributed by atoms with Crippen LogP contribution in [-0.2, 0) is 15.9 Å². The average molecular weight is 159 g/mol. The van der Waals surface area contributed by atoms with Gasteiger partial charge in [0.15, 0.2) is 0 Å². The molecule has 0 bridgehead atoms. The Bertz CT molecular complexity index is 95.4. The zero-order chi connectivity index (χ0) is 7.23. The van der Waals surface area contributed by atoms with E-state index < -0.39 is 0 Å². The second kappa shape index (κ2) is 4.78. The van der Waals surface area contributed by atoms with Crippen LogP contribution in [0.3, 0.4) is 0 Å². The molecule has 1 saturated carbocycles. The van der Waals surface area contributed by atoms with Crippen LogP contribution in [0.15, 0.2) is 0 Å². The van der Waals surface area contributed by atoms with Crippen molar-refractivity contribution in [1.82, 2.24) is 0 Å². The second-order valence-electron chi connectivity index (χ2n) is 3.06. The lowest BCUT2D eigenvalue weighted by atomic mass is 10.0. The fraction of sp³-hybridized carbons (Fsp3) is 1.00.